The average molecular weight is 266 g/mol. The third kappa shape index (κ3) is 2.59. The number of nitriles is 1. The molecule has 0 unspecified atom stereocenters. The predicted octanol–water partition coefficient (Wildman–Crippen LogP) is 2.27. The Labute approximate surface area is 117 Å². The first kappa shape index (κ1) is 13.6. The van der Waals surface area contributed by atoms with Crippen molar-refractivity contribution in [2.75, 3.05) is 24.3 Å². The van der Waals surface area contributed by atoms with Crippen molar-refractivity contribution in [2.24, 2.45) is 0 Å². The summed E-state index contributed by atoms with van der Waals surface area (Å²) in [5.41, 5.74) is 2.52. The summed E-state index contributed by atoms with van der Waals surface area (Å²) in [5, 5.41) is 11.7. The molecule has 0 bridgehead atoms. The fourth-order valence-electron chi connectivity index (χ4n) is 1.84. The molecule has 0 aliphatic heterocycles. The number of nitrogens with zero attached hydrogens (tertiary/aromatic N) is 3. The number of rotatable bonds is 3. The number of amides is 1. The van der Waals surface area contributed by atoms with Crippen LogP contribution in [0.15, 0.2) is 42.7 Å². The molecule has 0 atom stereocenters. The molecule has 0 aliphatic rings. The Morgan fingerprint density at radius 1 is 1.30 bits per heavy atom. The minimum absolute atomic E-state index is 0.138. The average Bonchev–Trinajstić information content (AvgIpc) is 2.53. The van der Waals surface area contributed by atoms with Gasteiger partial charge in [0, 0.05) is 26.0 Å². The van der Waals surface area contributed by atoms with Crippen LogP contribution in [0.4, 0.5) is 11.4 Å². The van der Waals surface area contributed by atoms with Gasteiger partial charge in [-0.3, -0.25) is 9.78 Å². The van der Waals surface area contributed by atoms with E-state index in [1.165, 1.54) is 4.90 Å². The number of hydrogen-bond donors (Lipinski definition) is 1. The zero-order valence-electron chi connectivity index (χ0n) is 11.3. The monoisotopic (exact) mass is 266 g/mol. The highest BCUT2D eigenvalue weighted by Gasteiger charge is 2.16. The molecule has 0 saturated heterocycles. The van der Waals surface area contributed by atoms with E-state index in [-0.39, 0.29) is 5.91 Å². The maximum atomic E-state index is 12.5. The fourth-order valence-corrected chi connectivity index (χ4v) is 1.84. The molecule has 1 amide bonds. The maximum absolute atomic E-state index is 12.5. The Kier molecular flexibility index (Phi) is 3.96. The topological polar surface area (TPSA) is 69.0 Å². The summed E-state index contributed by atoms with van der Waals surface area (Å²) >= 11 is 0. The van der Waals surface area contributed by atoms with Gasteiger partial charge >= 0.3 is 0 Å². The number of pyridine rings is 1. The lowest BCUT2D eigenvalue weighted by molar-refractivity contribution is 0.0993. The number of nitrogens with one attached hydrogen (secondary N) is 1. The number of aromatic nitrogens is 1. The Morgan fingerprint density at radius 3 is 2.60 bits per heavy atom. The molecule has 1 aromatic carbocycles. The number of carbonyl (C=O) groups excluding carboxylic acids is 1. The van der Waals surface area contributed by atoms with Crippen LogP contribution in [-0.4, -0.2) is 25.0 Å². The smallest absolute Gasteiger partial charge is 0.260 e. The second kappa shape index (κ2) is 5.85. The van der Waals surface area contributed by atoms with Crippen LogP contribution < -0.4 is 10.2 Å². The first-order valence-electron chi connectivity index (χ1n) is 6.07. The van der Waals surface area contributed by atoms with Crippen molar-refractivity contribution in [3.8, 4) is 6.07 Å². The van der Waals surface area contributed by atoms with Crippen LogP contribution in [0, 0.1) is 11.3 Å². The SMILES string of the molecule is CNc1cnccc1C(=O)N(C)c1ccc(C#N)cc1. The van der Waals surface area contributed by atoms with Gasteiger partial charge in [0.25, 0.3) is 5.91 Å². The molecular formula is C15H14N4O. The lowest BCUT2D eigenvalue weighted by Gasteiger charge is -2.19. The molecule has 100 valence electrons. The van der Waals surface area contributed by atoms with Crippen molar-refractivity contribution in [1.29, 1.82) is 5.26 Å². The second-order valence-electron chi connectivity index (χ2n) is 4.19. The molecule has 0 saturated carbocycles. The van der Waals surface area contributed by atoms with Gasteiger partial charge in [-0.15, -0.1) is 0 Å². The summed E-state index contributed by atoms with van der Waals surface area (Å²) in [6, 6.07) is 10.6. The van der Waals surface area contributed by atoms with Crippen LogP contribution in [0.2, 0.25) is 0 Å². The van der Waals surface area contributed by atoms with Gasteiger partial charge in [0.1, 0.15) is 0 Å². The predicted molar refractivity (Wildman–Crippen MR) is 77.7 cm³/mol. The summed E-state index contributed by atoms with van der Waals surface area (Å²) in [6.45, 7) is 0. The van der Waals surface area contributed by atoms with Gasteiger partial charge in [-0.25, -0.2) is 0 Å². The molecule has 1 N–H and O–H groups in total. The van der Waals surface area contributed by atoms with Gasteiger partial charge < -0.3 is 10.2 Å². The molecule has 20 heavy (non-hydrogen) atoms. The Balaban J connectivity index is 2.30. The van der Waals surface area contributed by atoms with E-state index in [1.54, 1.807) is 56.8 Å². The van der Waals surface area contributed by atoms with E-state index in [0.717, 1.165) is 5.69 Å². The summed E-state index contributed by atoms with van der Waals surface area (Å²) in [4.78, 5) is 18.0. The van der Waals surface area contributed by atoms with Gasteiger partial charge in [0.2, 0.25) is 0 Å². The zero-order valence-corrected chi connectivity index (χ0v) is 11.3. The lowest BCUT2D eigenvalue weighted by Crippen LogP contribution is -2.27. The molecule has 5 nitrogen and oxygen atoms in total. The van der Waals surface area contributed by atoms with E-state index >= 15 is 0 Å². The molecular weight excluding hydrogens is 252 g/mol. The first-order valence-corrected chi connectivity index (χ1v) is 6.07. The highest BCUT2D eigenvalue weighted by Crippen LogP contribution is 2.20. The highest BCUT2D eigenvalue weighted by molar-refractivity contribution is 6.09. The molecule has 0 radical (unpaired) electrons. The summed E-state index contributed by atoms with van der Waals surface area (Å²) in [5.74, 6) is -0.138. The summed E-state index contributed by atoms with van der Waals surface area (Å²) in [7, 11) is 3.44. The van der Waals surface area contributed by atoms with E-state index in [2.05, 4.69) is 16.4 Å². The largest absolute Gasteiger partial charge is 0.386 e. The van der Waals surface area contributed by atoms with E-state index in [0.29, 0.717) is 16.8 Å². The molecule has 1 aromatic heterocycles. The van der Waals surface area contributed by atoms with Gasteiger partial charge in [0.15, 0.2) is 0 Å². The van der Waals surface area contributed by atoms with Crippen molar-refractivity contribution in [3.05, 3.63) is 53.9 Å². The van der Waals surface area contributed by atoms with Crippen LogP contribution in [0.1, 0.15) is 15.9 Å². The van der Waals surface area contributed by atoms with Gasteiger partial charge in [-0.2, -0.15) is 5.26 Å². The summed E-state index contributed by atoms with van der Waals surface area (Å²) in [6.07, 6.45) is 3.19. The normalized spacial score (nSPS) is 9.65. The number of carbonyl (C=O) groups is 1. The van der Waals surface area contributed by atoms with E-state index in [4.69, 9.17) is 5.26 Å². The van der Waals surface area contributed by atoms with Gasteiger partial charge in [0.05, 0.1) is 29.1 Å². The maximum Gasteiger partial charge on any atom is 0.260 e. The quantitative estimate of drug-likeness (QED) is 0.925. The van der Waals surface area contributed by atoms with Crippen molar-refractivity contribution in [2.45, 2.75) is 0 Å². The second-order valence-corrected chi connectivity index (χ2v) is 4.19. The number of hydrogen-bond acceptors (Lipinski definition) is 4. The van der Waals surface area contributed by atoms with E-state index in [9.17, 15) is 4.79 Å². The molecule has 0 aliphatic carbocycles. The molecule has 5 heteroatoms. The highest BCUT2D eigenvalue weighted by atomic mass is 16.2. The van der Waals surface area contributed by atoms with Crippen molar-refractivity contribution in [3.63, 3.8) is 0 Å². The Bertz CT molecular complexity index is 658. The molecule has 1 heterocycles. The molecule has 2 aromatic rings. The molecule has 2 rings (SSSR count). The molecule has 0 spiro atoms. The van der Waals surface area contributed by atoms with Crippen molar-refractivity contribution >= 4 is 17.3 Å². The fraction of sp³-hybridized carbons (Fsp3) is 0.133. The minimum atomic E-state index is -0.138. The third-order valence-corrected chi connectivity index (χ3v) is 3.01. The van der Waals surface area contributed by atoms with Gasteiger partial charge in [-0.05, 0) is 30.3 Å². The Hall–Kier alpha value is -2.87. The van der Waals surface area contributed by atoms with Crippen LogP contribution in [-0.2, 0) is 0 Å². The first-order chi connectivity index (χ1) is 9.67. The zero-order chi connectivity index (χ0) is 14.5. The third-order valence-electron chi connectivity index (χ3n) is 3.01. The number of benzene rings is 1. The van der Waals surface area contributed by atoms with Gasteiger partial charge in [-0.1, -0.05) is 0 Å². The summed E-state index contributed by atoms with van der Waals surface area (Å²) < 4.78 is 0. The van der Waals surface area contributed by atoms with Crippen LogP contribution >= 0.6 is 0 Å². The van der Waals surface area contributed by atoms with Crippen molar-refractivity contribution in [1.82, 2.24) is 4.98 Å². The van der Waals surface area contributed by atoms with Crippen LogP contribution in [0.25, 0.3) is 0 Å². The van der Waals surface area contributed by atoms with E-state index in [1.807, 2.05) is 0 Å². The lowest BCUT2D eigenvalue weighted by atomic mass is 10.1. The van der Waals surface area contributed by atoms with Crippen LogP contribution in [0.5, 0.6) is 0 Å². The standard InChI is InChI=1S/C15H14N4O/c1-17-14-10-18-8-7-13(14)15(20)19(2)12-5-3-11(9-16)4-6-12/h3-8,10,17H,1-2H3. The number of anilines is 2. The minimum Gasteiger partial charge on any atom is -0.386 e. The van der Waals surface area contributed by atoms with E-state index < -0.39 is 0 Å². The van der Waals surface area contributed by atoms with Crippen molar-refractivity contribution < 1.29 is 4.79 Å². The molecule has 0 fully saturated rings. The van der Waals surface area contributed by atoms with Crippen LogP contribution in [0.3, 0.4) is 0 Å². The Morgan fingerprint density at radius 2 is 2.00 bits per heavy atom.